The fourth-order valence-corrected chi connectivity index (χ4v) is 10.9. The smallest absolute Gasteiger partial charge is 0.149 e. The minimum absolute atomic E-state index is 0.0977. The van der Waals surface area contributed by atoms with Crippen LogP contribution in [0.2, 0.25) is 0 Å². The third-order valence-corrected chi connectivity index (χ3v) is 14.9. The SMILES string of the molecule is [2H]C1(c2ccccc2)CCC([2H])(c2ccc(-c3ccnc(-c4cccc(-c5cccc6c5nc(-c5cccc(-c7ccccc7-c7ccccc7)c5O)n6-c5ccc(C(C)(C)C)cc5-c5ccccc5)c4)c3)cc2)CC1. The first kappa shape index (κ1) is 44.1. The summed E-state index contributed by atoms with van der Waals surface area (Å²) in [5, 5.41) is 12.7. The van der Waals surface area contributed by atoms with E-state index < -0.39 is 11.8 Å². The van der Waals surface area contributed by atoms with Gasteiger partial charge >= 0.3 is 0 Å². The lowest BCUT2D eigenvalue weighted by Crippen LogP contribution is -2.12. The summed E-state index contributed by atoms with van der Waals surface area (Å²) in [5.41, 5.74) is 18.3. The number of aromatic hydroxyl groups is 1. The molecule has 0 radical (unpaired) electrons. The summed E-state index contributed by atoms with van der Waals surface area (Å²) < 4.78 is 21.0. The summed E-state index contributed by atoms with van der Waals surface area (Å²) in [6.07, 6.45) is 4.49. The van der Waals surface area contributed by atoms with Crippen molar-refractivity contribution in [3.05, 3.63) is 253 Å². The predicted molar refractivity (Wildman–Crippen MR) is 308 cm³/mol. The van der Waals surface area contributed by atoms with Crippen LogP contribution in [0.15, 0.2) is 237 Å². The second-order valence-corrected chi connectivity index (χ2v) is 20.6. The third kappa shape index (κ3) is 9.02. The standard InChI is InChI=1S/C70H59N3O/c1-70(2,3)57-40-41-65(63(46-57)53-22-11-6-12-23-53)73-66-31-17-28-59(67(66)72-69(73)62-30-16-29-61(68(62)74)60-27-14-13-26-58(60)52-20-9-5-10-21-52)55-24-15-25-56(44-55)64-45-54(42-43-71-64)51-38-36-50(37-39-51)49-34-32-48(33-35-49)47-18-7-4-8-19-47/h4-31,36-46,48-49,74H,32-35H2,1-3H3/i48D,49D. The lowest BCUT2D eigenvalue weighted by Gasteiger charge is -2.29. The zero-order chi connectivity index (χ0) is 52.0. The maximum absolute atomic E-state index is 12.7. The number of imidazole rings is 1. The van der Waals surface area contributed by atoms with Crippen molar-refractivity contribution in [2.75, 3.05) is 0 Å². The Labute approximate surface area is 438 Å². The van der Waals surface area contributed by atoms with Gasteiger partial charge in [0.25, 0.3) is 0 Å². The molecule has 11 aromatic rings. The van der Waals surface area contributed by atoms with Gasteiger partial charge in [-0.15, -0.1) is 0 Å². The monoisotopic (exact) mass is 959 g/mol. The fraction of sp³-hybridized carbons (Fsp3) is 0.143. The van der Waals surface area contributed by atoms with E-state index in [1.165, 1.54) is 5.56 Å². The van der Waals surface area contributed by atoms with Crippen LogP contribution in [-0.4, -0.2) is 19.6 Å². The minimum atomic E-state index is -0.721. The van der Waals surface area contributed by atoms with Crippen LogP contribution < -0.4 is 0 Å². The molecule has 360 valence electrons. The van der Waals surface area contributed by atoms with Crippen LogP contribution in [0.4, 0.5) is 0 Å². The number of rotatable bonds is 10. The van der Waals surface area contributed by atoms with Crippen molar-refractivity contribution in [3.8, 4) is 89.7 Å². The Morgan fingerprint density at radius 1 is 0.446 bits per heavy atom. The highest BCUT2D eigenvalue weighted by Crippen LogP contribution is 2.46. The number of pyridine rings is 1. The maximum atomic E-state index is 12.7. The Bertz CT molecular complexity index is 3890. The van der Waals surface area contributed by atoms with Gasteiger partial charge in [-0.1, -0.05) is 209 Å². The summed E-state index contributed by atoms with van der Waals surface area (Å²) in [7, 11) is 0. The Hall–Kier alpha value is -8.60. The highest BCUT2D eigenvalue weighted by atomic mass is 16.3. The van der Waals surface area contributed by atoms with Gasteiger partial charge in [0.1, 0.15) is 11.6 Å². The molecule has 0 unspecified atom stereocenters. The van der Waals surface area contributed by atoms with Gasteiger partial charge in [-0.25, -0.2) is 4.98 Å². The molecule has 2 aromatic heterocycles. The molecule has 0 bridgehead atoms. The highest BCUT2D eigenvalue weighted by Gasteiger charge is 2.26. The Morgan fingerprint density at radius 3 is 1.70 bits per heavy atom. The average Bonchev–Trinajstić information content (AvgIpc) is 3.87. The van der Waals surface area contributed by atoms with E-state index in [4.69, 9.17) is 9.97 Å². The zero-order valence-corrected chi connectivity index (χ0v) is 42.1. The number of hydrogen-bond donors (Lipinski definition) is 1. The van der Waals surface area contributed by atoms with Crippen LogP contribution in [0.3, 0.4) is 0 Å². The van der Waals surface area contributed by atoms with Crippen molar-refractivity contribution in [3.63, 3.8) is 0 Å². The quantitative estimate of drug-likeness (QED) is 0.149. The number of aromatic nitrogens is 3. The Balaban J connectivity index is 0.945. The second kappa shape index (κ2) is 19.8. The second-order valence-electron chi connectivity index (χ2n) is 20.6. The van der Waals surface area contributed by atoms with Gasteiger partial charge in [0.15, 0.2) is 0 Å². The fourth-order valence-electron chi connectivity index (χ4n) is 10.9. The molecular formula is C70H59N3O. The van der Waals surface area contributed by atoms with E-state index in [0.29, 0.717) is 37.1 Å². The van der Waals surface area contributed by atoms with E-state index in [2.05, 4.69) is 183 Å². The lowest BCUT2D eigenvalue weighted by molar-refractivity contribution is 0.396. The van der Waals surface area contributed by atoms with E-state index in [0.717, 1.165) is 94.7 Å². The molecule has 2 heterocycles. The molecule has 9 aromatic carbocycles. The van der Waals surface area contributed by atoms with Crippen molar-refractivity contribution in [2.24, 2.45) is 0 Å². The largest absolute Gasteiger partial charge is 0.507 e. The van der Waals surface area contributed by atoms with Gasteiger partial charge in [0, 0.05) is 31.2 Å². The van der Waals surface area contributed by atoms with Crippen molar-refractivity contribution in [2.45, 2.75) is 63.7 Å². The molecule has 4 nitrogen and oxygen atoms in total. The predicted octanol–water partition coefficient (Wildman–Crippen LogP) is 18.5. The van der Waals surface area contributed by atoms with Crippen molar-refractivity contribution < 1.29 is 7.85 Å². The van der Waals surface area contributed by atoms with Gasteiger partial charge in [0.2, 0.25) is 0 Å². The molecule has 0 amide bonds. The van der Waals surface area contributed by atoms with Crippen LogP contribution >= 0.6 is 0 Å². The molecule has 0 atom stereocenters. The van der Waals surface area contributed by atoms with E-state index in [-0.39, 0.29) is 11.2 Å². The molecule has 1 saturated carbocycles. The summed E-state index contributed by atoms with van der Waals surface area (Å²) in [6, 6.07) is 79.6. The molecule has 1 fully saturated rings. The zero-order valence-electron chi connectivity index (χ0n) is 44.1. The lowest BCUT2D eigenvalue weighted by atomic mass is 9.76. The number of nitrogens with zero attached hydrogens (tertiary/aromatic N) is 3. The first-order valence-electron chi connectivity index (χ1n) is 26.9. The number of phenols is 1. The first-order chi connectivity index (χ1) is 36.9. The summed E-state index contributed by atoms with van der Waals surface area (Å²) in [6.45, 7) is 6.74. The molecule has 1 aliphatic carbocycles. The molecule has 0 aliphatic heterocycles. The molecule has 1 N–H and O–H groups in total. The molecule has 4 heteroatoms. The minimum Gasteiger partial charge on any atom is -0.507 e. The van der Waals surface area contributed by atoms with E-state index in [1.807, 2.05) is 79.0 Å². The van der Waals surface area contributed by atoms with Crippen molar-refractivity contribution >= 4 is 11.0 Å². The van der Waals surface area contributed by atoms with E-state index in [9.17, 15) is 7.85 Å². The molecular weight excluding hydrogens is 899 g/mol. The Kier molecular flexibility index (Phi) is 11.8. The summed E-state index contributed by atoms with van der Waals surface area (Å²) >= 11 is 0. The third-order valence-electron chi connectivity index (χ3n) is 14.9. The van der Waals surface area contributed by atoms with Gasteiger partial charge in [-0.05, 0) is 141 Å². The number of fused-ring (bicyclic) bond motifs is 1. The van der Waals surface area contributed by atoms with Gasteiger partial charge < -0.3 is 5.11 Å². The molecule has 1 aliphatic rings. The van der Waals surface area contributed by atoms with E-state index in [1.54, 1.807) is 0 Å². The number of benzene rings is 9. The van der Waals surface area contributed by atoms with Gasteiger partial charge in [0.05, 0.1) is 28.0 Å². The van der Waals surface area contributed by atoms with Crippen LogP contribution in [0.5, 0.6) is 5.75 Å². The normalized spacial score (nSPS) is 17.2. The van der Waals surface area contributed by atoms with Gasteiger partial charge in [-0.2, -0.15) is 0 Å². The number of phenolic OH excluding ortho intramolecular Hbond substituents is 1. The summed E-state index contributed by atoms with van der Waals surface area (Å²) in [4.78, 5) is 10.5. The highest BCUT2D eigenvalue weighted by molar-refractivity contribution is 5.98. The van der Waals surface area contributed by atoms with Crippen LogP contribution in [-0.2, 0) is 5.41 Å². The molecule has 74 heavy (non-hydrogen) atoms. The molecule has 0 saturated heterocycles. The van der Waals surface area contributed by atoms with Crippen molar-refractivity contribution in [1.82, 2.24) is 14.5 Å². The molecule has 0 spiro atoms. The summed E-state index contributed by atoms with van der Waals surface area (Å²) in [5.74, 6) is -0.576. The van der Waals surface area contributed by atoms with Crippen LogP contribution in [0, 0.1) is 0 Å². The number of hydrogen-bond acceptors (Lipinski definition) is 3. The first-order valence-corrected chi connectivity index (χ1v) is 25.9. The number of para-hydroxylation sites is 2. The van der Waals surface area contributed by atoms with Gasteiger partial charge in [-0.3, -0.25) is 9.55 Å². The topological polar surface area (TPSA) is 50.9 Å². The average molecular weight is 960 g/mol. The maximum Gasteiger partial charge on any atom is 0.149 e. The molecule has 12 rings (SSSR count). The van der Waals surface area contributed by atoms with E-state index >= 15 is 0 Å². The van der Waals surface area contributed by atoms with Crippen LogP contribution in [0.1, 0.15) is 77.7 Å². The Morgan fingerprint density at radius 2 is 1.00 bits per heavy atom. The van der Waals surface area contributed by atoms with Crippen LogP contribution in [0.25, 0.3) is 95.0 Å². The van der Waals surface area contributed by atoms with Crippen molar-refractivity contribution in [1.29, 1.82) is 0 Å².